The van der Waals surface area contributed by atoms with Gasteiger partial charge in [0.05, 0.1) is 35.7 Å². The number of rotatable bonds is 12. The smallest absolute Gasteiger partial charge is 0.259 e. The van der Waals surface area contributed by atoms with Gasteiger partial charge >= 0.3 is 0 Å². The van der Waals surface area contributed by atoms with Gasteiger partial charge in [0.25, 0.3) is 11.8 Å². The summed E-state index contributed by atoms with van der Waals surface area (Å²) in [6.07, 6.45) is 3.84. The second-order valence-corrected chi connectivity index (χ2v) is 7.85. The van der Waals surface area contributed by atoms with Gasteiger partial charge in [-0.3, -0.25) is 9.59 Å². The molecule has 0 saturated carbocycles. The van der Waals surface area contributed by atoms with E-state index in [1.807, 2.05) is 12.1 Å². The first-order chi connectivity index (χ1) is 16.6. The Morgan fingerprint density at radius 1 is 0.618 bits per heavy atom. The van der Waals surface area contributed by atoms with Crippen molar-refractivity contribution < 1.29 is 19.1 Å². The largest absolute Gasteiger partial charge is 0.493 e. The maximum absolute atomic E-state index is 13.1. The van der Waals surface area contributed by atoms with Crippen LogP contribution in [-0.4, -0.2) is 25.0 Å². The summed E-state index contributed by atoms with van der Waals surface area (Å²) in [7, 11) is 0. The Balaban J connectivity index is 1.75. The number of hydrogen-bond donors (Lipinski definition) is 2. The van der Waals surface area contributed by atoms with Crippen LogP contribution in [0.1, 0.15) is 60.2 Å². The van der Waals surface area contributed by atoms with Crippen molar-refractivity contribution >= 4 is 23.2 Å². The molecule has 0 aliphatic rings. The Labute approximate surface area is 201 Å². The van der Waals surface area contributed by atoms with Crippen LogP contribution in [0, 0.1) is 0 Å². The van der Waals surface area contributed by atoms with E-state index < -0.39 is 0 Å². The minimum absolute atomic E-state index is 0.308. The Kier molecular flexibility index (Phi) is 9.52. The quantitative estimate of drug-likeness (QED) is 0.301. The molecule has 2 amide bonds. The van der Waals surface area contributed by atoms with Crippen LogP contribution in [0.15, 0.2) is 72.8 Å². The summed E-state index contributed by atoms with van der Waals surface area (Å²) in [4.78, 5) is 26.1. The van der Waals surface area contributed by atoms with Crippen LogP contribution >= 0.6 is 0 Å². The van der Waals surface area contributed by atoms with Crippen molar-refractivity contribution in [2.24, 2.45) is 0 Å². The second-order valence-electron chi connectivity index (χ2n) is 7.85. The van der Waals surface area contributed by atoms with Crippen LogP contribution in [0.25, 0.3) is 0 Å². The third-order valence-electron chi connectivity index (χ3n) is 5.20. The van der Waals surface area contributed by atoms with Gasteiger partial charge in [0.15, 0.2) is 0 Å². The van der Waals surface area contributed by atoms with E-state index in [9.17, 15) is 9.59 Å². The molecule has 6 nitrogen and oxygen atoms in total. The lowest BCUT2D eigenvalue weighted by Crippen LogP contribution is -2.18. The van der Waals surface area contributed by atoms with Gasteiger partial charge < -0.3 is 20.1 Å². The number of hydrogen-bond acceptors (Lipinski definition) is 4. The fraction of sp³-hybridized carbons (Fsp3) is 0.286. The van der Waals surface area contributed by atoms with E-state index in [0.29, 0.717) is 47.2 Å². The lowest BCUT2D eigenvalue weighted by molar-refractivity contribution is 0.101. The summed E-state index contributed by atoms with van der Waals surface area (Å²) in [6.45, 7) is 5.27. The highest BCUT2D eigenvalue weighted by atomic mass is 16.5. The van der Waals surface area contributed by atoms with Gasteiger partial charge in [-0.05, 0) is 49.2 Å². The summed E-state index contributed by atoms with van der Waals surface area (Å²) in [5.41, 5.74) is 1.87. The molecule has 0 unspecified atom stereocenters. The predicted molar refractivity (Wildman–Crippen MR) is 136 cm³/mol. The zero-order valence-corrected chi connectivity index (χ0v) is 19.8. The van der Waals surface area contributed by atoms with Gasteiger partial charge in [0.2, 0.25) is 0 Å². The van der Waals surface area contributed by atoms with Crippen molar-refractivity contribution in [1.82, 2.24) is 0 Å². The average Bonchev–Trinajstić information content (AvgIpc) is 2.86. The van der Waals surface area contributed by atoms with Crippen molar-refractivity contribution in [2.45, 2.75) is 39.5 Å². The number of para-hydroxylation sites is 4. The highest BCUT2D eigenvalue weighted by Crippen LogP contribution is 2.26. The number of carbonyl (C=O) groups is 2. The summed E-state index contributed by atoms with van der Waals surface area (Å²) in [5.74, 6) is 0.454. The zero-order chi connectivity index (χ0) is 24.2. The first-order valence-corrected chi connectivity index (χ1v) is 11.8. The van der Waals surface area contributed by atoms with E-state index in [-0.39, 0.29) is 11.8 Å². The molecule has 0 aromatic heterocycles. The van der Waals surface area contributed by atoms with Crippen molar-refractivity contribution in [3.05, 3.63) is 83.9 Å². The Morgan fingerprint density at radius 2 is 1.00 bits per heavy atom. The van der Waals surface area contributed by atoms with Gasteiger partial charge in [-0.15, -0.1) is 0 Å². The molecular weight excluding hydrogens is 428 g/mol. The molecule has 178 valence electrons. The summed E-state index contributed by atoms with van der Waals surface area (Å²) >= 11 is 0. The molecule has 6 heteroatoms. The van der Waals surface area contributed by atoms with E-state index in [0.717, 1.165) is 25.7 Å². The van der Waals surface area contributed by atoms with Crippen molar-refractivity contribution in [3.8, 4) is 11.5 Å². The van der Waals surface area contributed by atoms with Gasteiger partial charge in [-0.25, -0.2) is 0 Å². The second kappa shape index (κ2) is 13.0. The fourth-order valence-electron chi connectivity index (χ4n) is 3.29. The lowest BCUT2D eigenvalue weighted by Gasteiger charge is -2.15. The Hall–Kier alpha value is -3.80. The maximum Gasteiger partial charge on any atom is 0.259 e. The SMILES string of the molecule is CCCCOc1ccccc1C(=O)Nc1ccccc1NC(=O)c1ccccc1OCCCC. The molecule has 0 aliphatic carbocycles. The molecular formula is C28H32N2O4. The van der Waals surface area contributed by atoms with Gasteiger partial charge in [-0.2, -0.15) is 0 Å². The topological polar surface area (TPSA) is 76.7 Å². The molecule has 0 bridgehead atoms. The number of unbranched alkanes of at least 4 members (excludes halogenated alkanes) is 2. The number of nitrogens with one attached hydrogen (secondary N) is 2. The van der Waals surface area contributed by atoms with Crippen molar-refractivity contribution in [1.29, 1.82) is 0 Å². The number of carbonyl (C=O) groups excluding carboxylic acids is 2. The van der Waals surface area contributed by atoms with Gasteiger partial charge in [-0.1, -0.05) is 63.1 Å². The molecule has 0 fully saturated rings. The molecule has 2 N–H and O–H groups in total. The number of anilines is 2. The monoisotopic (exact) mass is 460 g/mol. The van der Waals surface area contributed by atoms with Crippen molar-refractivity contribution in [2.75, 3.05) is 23.8 Å². The molecule has 3 rings (SSSR count). The molecule has 0 aliphatic heterocycles. The van der Waals surface area contributed by atoms with Crippen LogP contribution in [0.3, 0.4) is 0 Å². The third-order valence-corrected chi connectivity index (χ3v) is 5.20. The summed E-state index contributed by atoms with van der Waals surface area (Å²) in [5, 5.41) is 5.81. The van der Waals surface area contributed by atoms with Gasteiger partial charge in [0.1, 0.15) is 11.5 Å². The minimum atomic E-state index is -0.308. The number of benzene rings is 3. The first kappa shape index (κ1) is 24.8. The molecule has 34 heavy (non-hydrogen) atoms. The van der Waals surface area contributed by atoms with Crippen LogP contribution in [0.2, 0.25) is 0 Å². The molecule has 0 saturated heterocycles. The van der Waals surface area contributed by atoms with Gasteiger partial charge in [0, 0.05) is 0 Å². The number of amides is 2. The molecule has 0 spiro atoms. The van der Waals surface area contributed by atoms with Crippen molar-refractivity contribution in [3.63, 3.8) is 0 Å². The Morgan fingerprint density at radius 3 is 1.41 bits per heavy atom. The standard InChI is InChI=1S/C28H32N2O4/c1-3-5-19-33-25-17-11-7-13-21(25)27(31)29-23-15-9-10-16-24(23)30-28(32)22-14-8-12-18-26(22)34-20-6-4-2/h7-18H,3-6,19-20H2,1-2H3,(H,29,31)(H,30,32). The highest BCUT2D eigenvalue weighted by Gasteiger charge is 2.17. The van der Waals surface area contributed by atoms with Crippen LogP contribution in [-0.2, 0) is 0 Å². The first-order valence-electron chi connectivity index (χ1n) is 11.8. The fourth-order valence-corrected chi connectivity index (χ4v) is 3.29. The molecule has 3 aromatic carbocycles. The minimum Gasteiger partial charge on any atom is -0.493 e. The van der Waals surface area contributed by atoms with E-state index in [2.05, 4.69) is 24.5 Å². The van der Waals surface area contributed by atoms with E-state index >= 15 is 0 Å². The number of ether oxygens (including phenoxy) is 2. The van der Waals surface area contributed by atoms with Crippen LogP contribution in [0.5, 0.6) is 11.5 Å². The van der Waals surface area contributed by atoms with Crippen LogP contribution < -0.4 is 20.1 Å². The molecule has 0 radical (unpaired) electrons. The molecule has 0 heterocycles. The van der Waals surface area contributed by atoms with E-state index in [1.165, 1.54) is 0 Å². The van der Waals surface area contributed by atoms with E-state index in [1.54, 1.807) is 60.7 Å². The normalized spacial score (nSPS) is 10.4. The third kappa shape index (κ3) is 6.85. The maximum atomic E-state index is 13.1. The average molecular weight is 461 g/mol. The summed E-state index contributed by atoms with van der Waals surface area (Å²) < 4.78 is 11.6. The van der Waals surface area contributed by atoms with Crippen LogP contribution in [0.4, 0.5) is 11.4 Å². The van der Waals surface area contributed by atoms with E-state index in [4.69, 9.17) is 9.47 Å². The highest BCUT2D eigenvalue weighted by molar-refractivity contribution is 6.11. The zero-order valence-electron chi connectivity index (χ0n) is 19.8. The lowest BCUT2D eigenvalue weighted by atomic mass is 10.1. The predicted octanol–water partition coefficient (Wildman–Crippen LogP) is 6.55. The Bertz CT molecular complexity index is 1010. The molecule has 3 aromatic rings. The summed E-state index contributed by atoms with van der Waals surface area (Å²) in [6, 6.07) is 21.4. The molecule has 0 atom stereocenters.